The van der Waals surface area contributed by atoms with E-state index in [0.717, 1.165) is 29.8 Å². The van der Waals surface area contributed by atoms with E-state index in [1.807, 2.05) is 12.1 Å². The highest BCUT2D eigenvalue weighted by Crippen LogP contribution is 2.25. The second-order valence-corrected chi connectivity index (χ2v) is 4.09. The first kappa shape index (κ1) is 9.63. The molecule has 0 aromatic carbocycles. The van der Waals surface area contributed by atoms with Crippen molar-refractivity contribution in [2.75, 3.05) is 13.2 Å². The van der Waals surface area contributed by atoms with E-state index in [2.05, 4.69) is 27.0 Å². The van der Waals surface area contributed by atoms with Crippen LogP contribution in [0, 0.1) is 11.3 Å². The first-order chi connectivity index (χ1) is 6.81. The van der Waals surface area contributed by atoms with Crippen LogP contribution in [0.2, 0.25) is 0 Å². The minimum absolute atomic E-state index is 0.357. The predicted molar refractivity (Wildman–Crippen MR) is 54.8 cm³/mol. The fourth-order valence-electron chi connectivity index (χ4n) is 1.53. The van der Waals surface area contributed by atoms with Gasteiger partial charge in [-0.05, 0) is 34.5 Å². The van der Waals surface area contributed by atoms with Crippen LogP contribution in [0.25, 0.3) is 0 Å². The lowest BCUT2D eigenvalue weighted by Gasteiger charge is -2.07. The number of pyridine rings is 1. The molecule has 14 heavy (non-hydrogen) atoms. The van der Waals surface area contributed by atoms with Crippen LogP contribution in [0.4, 0.5) is 0 Å². The van der Waals surface area contributed by atoms with Crippen LogP contribution < -0.4 is 0 Å². The van der Waals surface area contributed by atoms with E-state index in [9.17, 15) is 0 Å². The van der Waals surface area contributed by atoms with Gasteiger partial charge in [-0.25, -0.2) is 4.98 Å². The van der Waals surface area contributed by atoms with Gasteiger partial charge in [-0.15, -0.1) is 0 Å². The molecule has 72 valence electrons. The van der Waals surface area contributed by atoms with Crippen molar-refractivity contribution in [3.05, 3.63) is 28.0 Å². The van der Waals surface area contributed by atoms with Crippen molar-refractivity contribution in [2.45, 2.75) is 12.3 Å². The van der Waals surface area contributed by atoms with Crippen LogP contribution in [-0.2, 0) is 4.74 Å². The van der Waals surface area contributed by atoms with Crippen LogP contribution in [0.3, 0.4) is 0 Å². The normalized spacial score (nSPS) is 20.7. The molecule has 1 atom stereocenters. The minimum Gasteiger partial charge on any atom is -0.381 e. The van der Waals surface area contributed by atoms with Crippen LogP contribution in [0.15, 0.2) is 16.6 Å². The van der Waals surface area contributed by atoms with Crippen LogP contribution in [0.5, 0.6) is 0 Å². The third-order valence-corrected chi connectivity index (χ3v) is 2.96. The van der Waals surface area contributed by atoms with Crippen LogP contribution >= 0.6 is 15.9 Å². The van der Waals surface area contributed by atoms with E-state index >= 15 is 0 Å². The first-order valence-electron chi connectivity index (χ1n) is 4.45. The predicted octanol–water partition coefficient (Wildman–Crippen LogP) is 2.22. The molecule has 1 saturated heterocycles. The van der Waals surface area contributed by atoms with Gasteiger partial charge in [-0.2, -0.15) is 5.26 Å². The Morgan fingerprint density at radius 2 is 2.43 bits per heavy atom. The van der Waals surface area contributed by atoms with E-state index in [4.69, 9.17) is 10.00 Å². The highest BCUT2D eigenvalue weighted by molar-refractivity contribution is 9.10. The Bertz CT molecular complexity index is 380. The number of rotatable bonds is 1. The van der Waals surface area contributed by atoms with Gasteiger partial charge in [0.05, 0.1) is 11.1 Å². The Kier molecular flexibility index (Phi) is 2.80. The first-order valence-corrected chi connectivity index (χ1v) is 5.25. The molecule has 2 heterocycles. The van der Waals surface area contributed by atoms with E-state index in [1.165, 1.54) is 0 Å². The van der Waals surface area contributed by atoms with E-state index in [1.54, 1.807) is 0 Å². The summed E-state index contributed by atoms with van der Waals surface area (Å²) in [5.41, 5.74) is 1.41. The molecule has 1 aromatic heterocycles. The summed E-state index contributed by atoms with van der Waals surface area (Å²) >= 11 is 3.28. The maximum Gasteiger partial charge on any atom is 0.154 e. The number of aromatic nitrogens is 1. The lowest BCUT2D eigenvalue weighted by atomic mass is 10.0. The molecule has 2 rings (SSSR count). The van der Waals surface area contributed by atoms with Gasteiger partial charge in [0.1, 0.15) is 6.07 Å². The van der Waals surface area contributed by atoms with Gasteiger partial charge in [0.2, 0.25) is 0 Å². The summed E-state index contributed by atoms with van der Waals surface area (Å²) in [6.45, 7) is 1.52. The smallest absolute Gasteiger partial charge is 0.154 e. The lowest BCUT2D eigenvalue weighted by molar-refractivity contribution is 0.193. The van der Waals surface area contributed by atoms with Crippen molar-refractivity contribution >= 4 is 15.9 Å². The Morgan fingerprint density at radius 1 is 1.57 bits per heavy atom. The molecule has 0 amide bonds. The van der Waals surface area contributed by atoms with Crippen LogP contribution in [-0.4, -0.2) is 18.2 Å². The monoisotopic (exact) mass is 252 g/mol. The summed E-state index contributed by atoms with van der Waals surface area (Å²) in [4.78, 5) is 4.28. The molecule has 3 nitrogen and oxygen atoms in total. The molecule has 0 N–H and O–H groups in total. The Hall–Kier alpha value is -0.920. The molecule has 0 spiro atoms. The summed E-state index contributed by atoms with van der Waals surface area (Å²) < 4.78 is 6.03. The zero-order valence-electron chi connectivity index (χ0n) is 7.53. The maximum absolute atomic E-state index is 8.81. The third-order valence-electron chi connectivity index (χ3n) is 2.32. The van der Waals surface area contributed by atoms with Crippen molar-refractivity contribution in [1.82, 2.24) is 4.98 Å². The molecule has 1 aromatic rings. The van der Waals surface area contributed by atoms with Gasteiger partial charge < -0.3 is 4.74 Å². The molecule has 0 bridgehead atoms. The van der Waals surface area contributed by atoms with Gasteiger partial charge in [0.15, 0.2) is 5.69 Å². The average molecular weight is 253 g/mol. The number of ether oxygens (including phenoxy) is 1. The van der Waals surface area contributed by atoms with Gasteiger partial charge in [-0.1, -0.05) is 0 Å². The largest absolute Gasteiger partial charge is 0.381 e. The van der Waals surface area contributed by atoms with Crippen molar-refractivity contribution in [1.29, 1.82) is 5.26 Å². The van der Waals surface area contributed by atoms with E-state index in [0.29, 0.717) is 11.6 Å². The Morgan fingerprint density at radius 3 is 3.07 bits per heavy atom. The molecule has 0 radical (unpaired) electrons. The quantitative estimate of drug-likeness (QED) is 0.770. The summed E-state index contributed by atoms with van der Waals surface area (Å²) in [7, 11) is 0. The van der Waals surface area contributed by atoms with Gasteiger partial charge >= 0.3 is 0 Å². The summed E-state index contributed by atoms with van der Waals surface area (Å²) in [5, 5.41) is 8.81. The highest BCUT2D eigenvalue weighted by atomic mass is 79.9. The summed E-state index contributed by atoms with van der Waals surface area (Å²) in [6.07, 6.45) is 1.000. The van der Waals surface area contributed by atoms with Crippen LogP contribution in [0.1, 0.15) is 23.7 Å². The second-order valence-electron chi connectivity index (χ2n) is 3.24. The fourth-order valence-corrected chi connectivity index (χ4v) is 1.84. The average Bonchev–Trinajstić information content (AvgIpc) is 2.71. The second kappa shape index (κ2) is 4.07. The minimum atomic E-state index is 0.357. The number of nitriles is 1. The molecular weight excluding hydrogens is 244 g/mol. The topological polar surface area (TPSA) is 45.9 Å². The van der Waals surface area contributed by atoms with Gasteiger partial charge in [0, 0.05) is 18.2 Å². The molecule has 1 unspecified atom stereocenters. The zero-order valence-corrected chi connectivity index (χ0v) is 9.12. The number of halogens is 1. The molecule has 0 aliphatic carbocycles. The molecule has 0 saturated carbocycles. The number of hydrogen-bond acceptors (Lipinski definition) is 3. The summed E-state index contributed by atoms with van der Waals surface area (Å²) in [6, 6.07) is 5.88. The third kappa shape index (κ3) is 1.79. The van der Waals surface area contributed by atoms with Gasteiger partial charge in [-0.3, -0.25) is 0 Å². The maximum atomic E-state index is 8.81. The van der Waals surface area contributed by atoms with Gasteiger partial charge in [0.25, 0.3) is 0 Å². The standard InChI is InChI=1S/C10H9BrN2O/c11-8-1-2-9(13-10(8)5-12)7-3-4-14-6-7/h1-2,7H,3-4,6H2. The Balaban J connectivity index is 2.31. The number of hydrogen-bond donors (Lipinski definition) is 0. The molecule has 1 fully saturated rings. The molecule has 1 aliphatic rings. The molecule has 4 heteroatoms. The van der Waals surface area contributed by atoms with Crippen molar-refractivity contribution in [2.24, 2.45) is 0 Å². The fraction of sp³-hybridized carbons (Fsp3) is 0.400. The molecule has 1 aliphatic heterocycles. The Labute approximate surface area is 90.8 Å². The number of nitrogens with zero attached hydrogens (tertiary/aromatic N) is 2. The van der Waals surface area contributed by atoms with E-state index < -0.39 is 0 Å². The SMILES string of the molecule is N#Cc1nc(C2CCOC2)ccc1Br. The van der Waals surface area contributed by atoms with E-state index in [-0.39, 0.29) is 0 Å². The van der Waals surface area contributed by atoms with Crippen molar-refractivity contribution < 1.29 is 4.74 Å². The highest BCUT2D eigenvalue weighted by Gasteiger charge is 2.19. The van der Waals surface area contributed by atoms with Crippen molar-refractivity contribution in [3.63, 3.8) is 0 Å². The lowest BCUT2D eigenvalue weighted by Crippen LogP contribution is -2.02. The molecular formula is C10H9BrN2O. The zero-order chi connectivity index (χ0) is 9.97. The summed E-state index contributed by atoms with van der Waals surface area (Å²) in [5.74, 6) is 0.357. The van der Waals surface area contributed by atoms with Crippen molar-refractivity contribution in [3.8, 4) is 6.07 Å².